The summed E-state index contributed by atoms with van der Waals surface area (Å²) in [4.78, 5) is 2.18. The number of aromatic hydroxyl groups is 2. The Morgan fingerprint density at radius 2 is 0.852 bits per heavy atom. The molecule has 0 saturated heterocycles. The van der Waals surface area contributed by atoms with E-state index in [-0.39, 0.29) is 11.5 Å². The van der Waals surface area contributed by atoms with Gasteiger partial charge < -0.3 is 10.2 Å². The van der Waals surface area contributed by atoms with Crippen LogP contribution in [0.3, 0.4) is 0 Å². The van der Waals surface area contributed by atoms with Crippen molar-refractivity contribution in [1.82, 2.24) is 0 Å². The molecule has 0 unspecified atom stereocenters. The third kappa shape index (κ3) is 5.18. The van der Waals surface area contributed by atoms with Gasteiger partial charge in [-0.05, 0) is 72.2 Å². The quantitative estimate of drug-likeness (QED) is 0.486. The van der Waals surface area contributed by atoms with E-state index in [0.29, 0.717) is 25.7 Å². The number of phenols is 2. The lowest BCUT2D eigenvalue weighted by molar-refractivity contribution is 0.473. The molecule has 0 saturated carbocycles. The zero-order valence-corrected chi connectivity index (χ0v) is 16.4. The molecule has 0 aliphatic carbocycles. The number of benzene rings is 2. The zero-order valence-electron chi connectivity index (χ0n) is 15.6. The maximum atomic E-state index is 10.1. The largest absolute Gasteiger partial charge is 0.508 e. The van der Waals surface area contributed by atoms with E-state index in [1.807, 2.05) is 24.3 Å². The lowest BCUT2D eigenvalue weighted by atomic mass is 10.0. The third-order valence-corrected chi connectivity index (χ3v) is 5.57. The van der Waals surface area contributed by atoms with Crippen molar-refractivity contribution in [2.75, 3.05) is 0 Å². The van der Waals surface area contributed by atoms with Crippen LogP contribution in [0.15, 0.2) is 84.7 Å². The van der Waals surface area contributed by atoms with Gasteiger partial charge in [0.2, 0.25) is 0 Å². The summed E-state index contributed by atoms with van der Waals surface area (Å²) in [6.45, 7) is 15.4. The highest BCUT2D eigenvalue weighted by atomic mass is 32.2. The highest BCUT2D eigenvalue weighted by Crippen LogP contribution is 2.41. The molecule has 0 spiro atoms. The molecule has 2 aromatic rings. The van der Waals surface area contributed by atoms with Gasteiger partial charge in [0.15, 0.2) is 0 Å². The Balaban J connectivity index is 2.67. The SMILES string of the molecule is C=CCc1cc(O)cc(CC=C)c1Sc1c(CC=C)cc(O)cc1CC=C. The first-order valence-electron chi connectivity index (χ1n) is 8.85. The standard InChI is InChI=1S/C24H26O2S/c1-5-9-17-13-21(25)14-18(10-6-2)23(17)27-24-19(11-7-3)15-22(26)16-20(24)12-8-4/h5-8,13-16,25-26H,1-4,9-12H2. The van der Waals surface area contributed by atoms with Crippen LogP contribution < -0.4 is 0 Å². The van der Waals surface area contributed by atoms with E-state index in [0.717, 1.165) is 32.0 Å². The molecule has 0 atom stereocenters. The molecule has 0 amide bonds. The van der Waals surface area contributed by atoms with Gasteiger partial charge in [0, 0.05) is 9.79 Å². The Morgan fingerprint density at radius 1 is 0.593 bits per heavy atom. The summed E-state index contributed by atoms with van der Waals surface area (Å²) in [5.74, 6) is 0.493. The van der Waals surface area contributed by atoms with Gasteiger partial charge in [0.05, 0.1) is 0 Å². The molecule has 2 nitrogen and oxygen atoms in total. The first-order chi connectivity index (χ1) is 13.0. The van der Waals surface area contributed by atoms with Crippen LogP contribution in [-0.4, -0.2) is 10.2 Å². The highest BCUT2D eigenvalue weighted by molar-refractivity contribution is 7.99. The van der Waals surface area contributed by atoms with Crippen molar-refractivity contribution in [3.05, 3.63) is 97.1 Å². The monoisotopic (exact) mass is 378 g/mol. The van der Waals surface area contributed by atoms with Crippen LogP contribution in [-0.2, 0) is 25.7 Å². The van der Waals surface area contributed by atoms with Crippen molar-refractivity contribution < 1.29 is 10.2 Å². The van der Waals surface area contributed by atoms with Crippen LogP contribution in [0.25, 0.3) is 0 Å². The van der Waals surface area contributed by atoms with E-state index in [4.69, 9.17) is 0 Å². The second-order valence-electron chi connectivity index (χ2n) is 6.26. The molecular weight excluding hydrogens is 352 g/mol. The number of hydrogen-bond acceptors (Lipinski definition) is 3. The lowest BCUT2D eigenvalue weighted by Gasteiger charge is -2.18. The summed E-state index contributed by atoms with van der Waals surface area (Å²) in [5, 5.41) is 20.2. The average molecular weight is 379 g/mol. The van der Waals surface area contributed by atoms with Crippen LogP contribution in [0.1, 0.15) is 22.3 Å². The van der Waals surface area contributed by atoms with Gasteiger partial charge in [0.25, 0.3) is 0 Å². The lowest BCUT2D eigenvalue weighted by Crippen LogP contribution is -1.98. The van der Waals surface area contributed by atoms with E-state index < -0.39 is 0 Å². The number of phenolic OH excluding ortho intramolecular Hbond substituents is 2. The van der Waals surface area contributed by atoms with Crippen molar-refractivity contribution in [1.29, 1.82) is 0 Å². The summed E-state index contributed by atoms with van der Waals surface area (Å²) >= 11 is 1.66. The minimum Gasteiger partial charge on any atom is -0.508 e. The Bertz CT molecular complexity index is 731. The number of rotatable bonds is 10. The molecule has 0 aliphatic heterocycles. The average Bonchev–Trinajstić information content (AvgIpc) is 2.60. The van der Waals surface area contributed by atoms with Gasteiger partial charge in [0.1, 0.15) is 11.5 Å². The van der Waals surface area contributed by atoms with E-state index in [9.17, 15) is 10.2 Å². The predicted octanol–water partition coefficient (Wildman–Crippen LogP) is 6.16. The van der Waals surface area contributed by atoms with E-state index in [1.165, 1.54) is 0 Å². The fraction of sp³-hybridized carbons (Fsp3) is 0.167. The second kappa shape index (κ2) is 9.89. The van der Waals surface area contributed by atoms with E-state index >= 15 is 0 Å². The van der Waals surface area contributed by atoms with E-state index in [2.05, 4.69) is 26.3 Å². The molecular formula is C24H26O2S. The highest BCUT2D eigenvalue weighted by Gasteiger charge is 2.16. The maximum Gasteiger partial charge on any atom is 0.116 e. The summed E-state index contributed by atoms with van der Waals surface area (Å²) < 4.78 is 0. The third-order valence-electron chi connectivity index (χ3n) is 4.12. The van der Waals surface area contributed by atoms with Crippen LogP contribution in [0, 0.1) is 0 Å². The van der Waals surface area contributed by atoms with Crippen LogP contribution in [0.2, 0.25) is 0 Å². The van der Waals surface area contributed by atoms with Crippen molar-refractivity contribution in [2.45, 2.75) is 35.5 Å². The summed E-state index contributed by atoms with van der Waals surface area (Å²) in [7, 11) is 0. The molecule has 140 valence electrons. The molecule has 0 aromatic heterocycles. The molecule has 2 aromatic carbocycles. The van der Waals surface area contributed by atoms with Gasteiger partial charge in [-0.3, -0.25) is 0 Å². The molecule has 0 heterocycles. The Labute approximate surface area is 166 Å². The topological polar surface area (TPSA) is 40.5 Å². The van der Waals surface area contributed by atoms with Crippen molar-refractivity contribution in [2.24, 2.45) is 0 Å². The first kappa shape index (κ1) is 20.7. The van der Waals surface area contributed by atoms with Crippen molar-refractivity contribution in [3.63, 3.8) is 0 Å². The first-order valence-corrected chi connectivity index (χ1v) is 9.66. The van der Waals surface area contributed by atoms with Crippen LogP contribution in [0.5, 0.6) is 11.5 Å². The minimum absolute atomic E-state index is 0.247. The fourth-order valence-electron chi connectivity index (χ4n) is 3.06. The molecule has 2 rings (SSSR count). The molecule has 2 N–H and O–H groups in total. The Morgan fingerprint density at radius 3 is 1.07 bits per heavy atom. The number of hydrogen-bond donors (Lipinski definition) is 2. The smallest absolute Gasteiger partial charge is 0.116 e. The normalized spacial score (nSPS) is 10.4. The summed E-state index contributed by atoms with van der Waals surface area (Å²) in [5.41, 5.74) is 4.09. The van der Waals surface area contributed by atoms with Crippen LogP contribution >= 0.6 is 11.8 Å². The fourth-order valence-corrected chi connectivity index (χ4v) is 4.36. The molecule has 0 bridgehead atoms. The van der Waals surface area contributed by atoms with Gasteiger partial charge in [-0.25, -0.2) is 0 Å². The van der Waals surface area contributed by atoms with Gasteiger partial charge in [-0.15, -0.1) is 26.3 Å². The van der Waals surface area contributed by atoms with Crippen molar-refractivity contribution in [3.8, 4) is 11.5 Å². The van der Waals surface area contributed by atoms with Crippen LogP contribution in [0.4, 0.5) is 0 Å². The van der Waals surface area contributed by atoms with E-state index in [1.54, 1.807) is 36.0 Å². The minimum atomic E-state index is 0.247. The summed E-state index contributed by atoms with van der Waals surface area (Å²) in [6, 6.07) is 7.16. The Kier molecular flexibility index (Phi) is 7.56. The maximum absolute atomic E-state index is 10.1. The molecule has 27 heavy (non-hydrogen) atoms. The van der Waals surface area contributed by atoms with Gasteiger partial charge >= 0.3 is 0 Å². The predicted molar refractivity (Wildman–Crippen MR) is 116 cm³/mol. The zero-order chi connectivity index (χ0) is 19.8. The second-order valence-corrected chi connectivity index (χ2v) is 7.28. The molecule has 0 aliphatic rings. The molecule has 0 fully saturated rings. The number of allylic oxidation sites excluding steroid dienone is 4. The van der Waals surface area contributed by atoms with Gasteiger partial charge in [-0.2, -0.15) is 0 Å². The molecule has 0 radical (unpaired) electrons. The van der Waals surface area contributed by atoms with Crippen molar-refractivity contribution >= 4 is 11.8 Å². The van der Waals surface area contributed by atoms with Gasteiger partial charge in [-0.1, -0.05) is 36.1 Å². The molecule has 3 heteroatoms. The summed E-state index contributed by atoms with van der Waals surface area (Å²) in [6.07, 6.45) is 9.98. The Hall–Kier alpha value is -2.65.